The van der Waals surface area contributed by atoms with Gasteiger partial charge >= 0.3 is 5.97 Å². The maximum Gasteiger partial charge on any atom is 0.317 e. The van der Waals surface area contributed by atoms with Gasteiger partial charge in [0, 0.05) is 10.3 Å². The van der Waals surface area contributed by atoms with E-state index < -0.39 is 11.2 Å². The van der Waals surface area contributed by atoms with Gasteiger partial charge in [-0.3, -0.25) is 4.79 Å². The van der Waals surface area contributed by atoms with E-state index in [1.54, 1.807) is 11.3 Å². The number of carbonyl (C=O) groups is 1. The molecular formula is C13H16N2O2S2. The zero-order valence-corrected chi connectivity index (χ0v) is 12.7. The number of thioether (sulfide) groups is 1. The molecule has 1 N–H and O–H groups in total. The van der Waals surface area contributed by atoms with Crippen molar-refractivity contribution in [1.82, 2.24) is 9.97 Å². The average Bonchev–Trinajstić information content (AvgIpc) is 2.78. The molecule has 6 heteroatoms. The van der Waals surface area contributed by atoms with E-state index in [1.807, 2.05) is 13.8 Å². The number of hydrogen-bond acceptors (Lipinski definition) is 5. The predicted molar refractivity (Wildman–Crippen MR) is 78.9 cm³/mol. The highest BCUT2D eigenvalue weighted by Crippen LogP contribution is 2.34. The highest BCUT2D eigenvalue weighted by molar-refractivity contribution is 8.00. The van der Waals surface area contributed by atoms with E-state index in [4.69, 9.17) is 0 Å². The molecule has 1 atom stereocenters. The largest absolute Gasteiger partial charge is 0.480 e. The lowest BCUT2D eigenvalue weighted by molar-refractivity contribution is -0.137. The third-order valence-electron chi connectivity index (χ3n) is 2.78. The van der Waals surface area contributed by atoms with Crippen LogP contribution in [-0.2, 0) is 11.2 Å². The van der Waals surface area contributed by atoms with Crippen molar-refractivity contribution >= 4 is 39.3 Å². The molecule has 0 fully saturated rings. The second-order valence-corrected chi connectivity index (χ2v) is 6.83. The Kier molecular flexibility index (Phi) is 4.42. The molecule has 0 bridgehead atoms. The van der Waals surface area contributed by atoms with Crippen molar-refractivity contribution in [2.45, 2.75) is 37.5 Å². The van der Waals surface area contributed by atoms with Gasteiger partial charge in [-0.05, 0) is 18.4 Å². The molecule has 0 spiro atoms. The van der Waals surface area contributed by atoms with Gasteiger partial charge in [-0.1, -0.05) is 32.5 Å². The second kappa shape index (κ2) is 5.88. The number of hydrogen-bond donors (Lipinski definition) is 1. The molecule has 0 radical (unpaired) electrons. The van der Waals surface area contributed by atoms with Gasteiger partial charge in [-0.15, -0.1) is 11.3 Å². The van der Waals surface area contributed by atoms with Crippen molar-refractivity contribution in [3.8, 4) is 0 Å². The first-order valence-corrected chi connectivity index (χ1v) is 7.85. The Hall–Kier alpha value is -1.14. The third kappa shape index (κ3) is 3.06. The molecule has 102 valence electrons. The summed E-state index contributed by atoms with van der Waals surface area (Å²) in [4.78, 5) is 22.0. The van der Waals surface area contributed by atoms with Crippen LogP contribution in [0.2, 0.25) is 0 Å². The lowest BCUT2D eigenvalue weighted by Gasteiger charge is -2.15. The van der Waals surface area contributed by atoms with Gasteiger partial charge in [0.15, 0.2) is 0 Å². The molecule has 19 heavy (non-hydrogen) atoms. The number of carboxylic acids is 1. The molecule has 2 rings (SSSR count). The summed E-state index contributed by atoms with van der Waals surface area (Å²) >= 11 is 2.96. The third-order valence-corrected chi connectivity index (χ3v) is 5.52. The van der Waals surface area contributed by atoms with E-state index >= 15 is 0 Å². The summed E-state index contributed by atoms with van der Waals surface area (Å²) in [6, 6.07) is 2.07. The Morgan fingerprint density at radius 3 is 2.79 bits per heavy atom. The molecule has 0 aliphatic rings. The molecule has 0 saturated carbocycles. The molecule has 0 aromatic carbocycles. The fourth-order valence-corrected chi connectivity index (χ4v) is 3.75. The van der Waals surface area contributed by atoms with Gasteiger partial charge < -0.3 is 5.11 Å². The van der Waals surface area contributed by atoms with Crippen LogP contribution in [0.4, 0.5) is 0 Å². The topological polar surface area (TPSA) is 63.1 Å². The fourth-order valence-electron chi connectivity index (χ4n) is 1.74. The molecule has 0 aliphatic heterocycles. The lowest BCUT2D eigenvalue weighted by atomic mass is 10.1. The summed E-state index contributed by atoms with van der Waals surface area (Å²) in [6.07, 6.45) is 2.47. The van der Waals surface area contributed by atoms with Gasteiger partial charge in [0.2, 0.25) is 0 Å². The van der Waals surface area contributed by atoms with Gasteiger partial charge in [-0.2, -0.15) is 0 Å². The van der Waals surface area contributed by atoms with Crippen LogP contribution in [0.1, 0.15) is 25.6 Å². The van der Waals surface area contributed by atoms with Crippen LogP contribution in [0, 0.1) is 5.92 Å². The molecule has 0 aliphatic carbocycles. The summed E-state index contributed by atoms with van der Waals surface area (Å²) in [7, 11) is 0. The summed E-state index contributed by atoms with van der Waals surface area (Å²) in [5.74, 6) is -0.741. The summed E-state index contributed by atoms with van der Waals surface area (Å²) < 4.78 is 0. The number of thiophene rings is 1. The second-order valence-electron chi connectivity index (χ2n) is 4.58. The van der Waals surface area contributed by atoms with E-state index in [0.717, 1.165) is 21.7 Å². The quantitative estimate of drug-likeness (QED) is 0.676. The minimum absolute atomic E-state index is 0.0526. The summed E-state index contributed by atoms with van der Waals surface area (Å²) in [6.45, 7) is 5.92. The fraction of sp³-hybridized carbons (Fsp3) is 0.462. The van der Waals surface area contributed by atoms with Crippen molar-refractivity contribution in [3.05, 3.63) is 17.3 Å². The number of aromatic nitrogens is 2. The average molecular weight is 296 g/mol. The van der Waals surface area contributed by atoms with Crippen LogP contribution >= 0.6 is 23.1 Å². The zero-order chi connectivity index (χ0) is 14.0. The SMILES string of the molecule is CCc1cc2c(SC(C(=O)O)C(C)C)ncnc2s1. The van der Waals surface area contributed by atoms with Crippen molar-refractivity contribution in [1.29, 1.82) is 0 Å². The molecular weight excluding hydrogens is 280 g/mol. The molecule has 1 unspecified atom stereocenters. The van der Waals surface area contributed by atoms with Gasteiger partial charge in [-0.25, -0.2) is 9.97 Å². The number of carboxylic acid groups (broad SMARTS) is 1. The first-order valence-electron chi connectivity index (χ1n) is 6.15. The van der Waals surface area contributed by atoms with Gasteiger partial charge in [0.1, 0.15) is 21.4 Å². The molecule has 0 saturated heterocycles. The number of aryl methyl sites for hydroxylation is 1. The number of nitrogens with zero attached hydrogens (tertiary/aromatic N) is 2. The highest BCUT2D eigenvalue weighted by atomic mass is 32.2. The van der Waals surface area contributed by atoms with Crippen molar-refractivity contribution in [3.63, 3.8) is 0 Å². The monoisotopic (exact) mass is 296 g/mol. The van der Waals surface area contributed by atoms with E-state index in [2.05, 4.69) is 23.0 Å². The first kappa shape index (κ1) is 14.3. The van der Waals surface area contributed by atoms with Gasteiger partial charge in [0.05, 0.1) is 0 Å². The Balaban J connectivity index is 2.39. The minimum Gasteiger partial charge on any atom is -0.480 e. The Morgan fingerprint density at radius 1 is 1.47 bits per heavy atom. The van der Waals surface area contributed by atoms with Crippen LogP contribution < -0.4 is 0 Å². The van der Waals surface area contributed by atoms with Crippen molar-refractivity contribution < 1.29 is 9.90 Å². The Labute approximate surface area is 120 Å². The minimum atomic E-state index is -0.794. The zero-order valence-electron chi connectivity index (χ0n) is 11.1. The Morgan fingerprint density at radius 2 is 2.21 bits per heavy atom. The number of fused-ring (bicyclic) bond motifs is 1. The van der Waals surface area contributed by atoms with Crippen LogP contribution in [0.3, 0.4) is 0 Å². The van der Waals surface area contributed by atoms with Crippen LogP contribution in [0.5, 0.6) is 0 Å². The van der Waals surface area contributed by atoms with Crippen LogP contribution in [-0.4, -0.2) is 26.3 Å². The van der Waals surface area contributed by atoms with Crippen LogP contribution in [0.15, 0.2) is 17.4 Å². The van der Waals surface area contributed by atoms with E-state index in [9.17, 15) is 9.90 Å². The molecule has 2 aromatic rings. The van der Waals surface area contributed by atoms with Gasteiger partial charge in [0.25, 0.3) is 0 Å². The highest BCUT2D eigenvalue weighted by Gasteiger charge is 2.24. The maximum absolute atomic E-state index is 11.3. The standard InChI is InChI=1S/C13H16N2O2S2/c1-4-8-5-9-11(18-8)14-6-15-12(9)19-10(7(2)3)13(16)17/h5-7,10H,4H2,1-3H3,(H,16,17). The molecule has 4 nitrogen and oxygen atoms in total. The maximum atomic E-state index is 11.3. The van der Waals surface area contributed by atoms with Crippen LogP contribution in [0.25, 0.3) is 10.2 Å². The molecule has 0 amide bonds. The number of aliphatic carboxylic acids is 1. The summed E-state index contributed by atoms with van der Waals surface area (Å²) in [5.41, 5.74) is 0. The van der Waals surface area contributed by atoms with Crippen molar-refractivity contribution in [2.24, 2.45) is 5.92 Å². The smallest absolute Gasteiger partial charge is 0.317 e. The lowest BCUT2D eigenvalue weighted by Crippen LogP contribution is -2.22. The molecule has 2 heterocycles. The normalized spacial score (nSPS) is 13.1. The van der Waals surface area contributed by atoms with Crippen molar-refractivity contribution in [2.75, 3.05) is 0 Å². The summed E-state index contributed by atoms with van der Waals surface area (Å²) in [5, 5.41) is 10.5. The van der Waals surface area contributed by atoms with E-state index in [0.29, 0.717) is 0 Å². The predicted octanol–water partition coefficient (Wildman–Crippen LogP) is 3.46. The van der Waals surface area contributed by atoms with E-state index in [-0.39, 0.29) is 5.92 Å². The first-order chi connectivity index (χ1) is 9.02. The Bertz CT molecular complexity index is 595. The number of rotatable bonds is 5. The van der Waals surface area contributed by atoms with E-state index in [1.165, 1.54) is 23.0 Å². The molecule has 2 aromatic heterocycles.